The van der Waals surface area contributed by atoms with Crippen molar-refractivity contribution in [1.29, 1.82) is 0 Å². The van der Waals surface area contributed by atoms with Crippen LogP contribution in [0.25, 0.3) is 0 Å². The second-order valence-corrected chi connectivity index (χ2v) is 22.2. The molecule has 0 aromatic heterocycles. The Balaban J connectivity index is 1.76. The average Bonchev–Trinajstić information content (AvgIpc) is 2.44. The summed E-state index contributed by atoms with van der Waals surface area (Å²) in [6.07, 6.45) is 0.503. The lowest BCUT2D eigenvalue weighted by Gasteiger charge is -2.31. The maximum absolute atomic E-state index is 14.3. The summed E-state index contributed by atoms with van der Waals surface area (Å²) in [5, 5.41) is 33.4. The summed E-state index contributed by atoms with van der Waals surface area (Å²) < 4.78 is 0. The summed E-state index contributed by atoms with van der Waals surface area (Å²) in [7, 11) is 0. The molecule has 0 saturated carbocycles. The Labute approximate surface area is 499 Å². The molecule has 1 aromatic rings. The molecule has 2 fully saturated rings. The molecule has 0 radical (unpaired) electrons. The topological polar surface area (TPSA) is 499 Å². The Kier molecular flexibility index (Phi) is 29.3. The van der Waals surface area contributed by atoms with Crippen LogP contribution >= 0.6 is 0 Å². The number of carbonyl (C=O) groups is 13. The van der Waals surface area contributed by atoms with Gasteiger partial charge in [-0.05, 0) is 89.5 Å². The van der Waals surface area contributed by atoms with E-state index in [4.69, 9.17) is 28.7 Å². The fourth-order valence-corrected chi connectivity index (χ4v) is 9.59. The molecule has 2 saturated heterocycles. The largest absolute Gasteiger partial charge is 0.394 e. The smallest absolute Gasteiger partial charge is 0.248 e. The van der Waals surface area contributed by atoms with E-state index in [9.17, 15) is 67.4 Å². The third kappa shape index (κ3) is 22.8. The number of benzene rings is 1. The first-order chi connectivity index (χ1) is 40.5. The number of primary amides is 2. The van der Waals surface area contributed by atoms with Crippen LogP contribution in [0.15, 0.2) is 35.3 Å². The van der Waals surface area contributed by atoms with Gasteiger partial charge in [0, 0.05) is 32.5 Å². The SMILES string of the molecule is CC(C)CC(NC(=O)C(CCCN=C(N)N)NC(=O)C1CCCN1C(=O)C(CO)NC(=O)C(Cc1ccccc1)NC(=O)C(CCC(N)=O)NC(=O)C(C)NC(=O)C(C)NC(=O)C1CCCN1C(=O)C(NC(=O)C(C)NC(=O)CN)C(C)C)C(N)=O. The summed E-state index contributed by atoms with van der Waals surface area (Å²) in [6, 6.07) is -5.71. The number of guanidine groups is 1. The van der Waals surface area contributed by atoms with Crippen LogP contribution in [0.2, 0.25) is 0 Å². The summed E-state index contributed by atoms with van der Waals surface area (Å²) >= 11 is 0. The van der Waals surface area contributed by atoms with Gasteiger partial charge in [-0.3, -0.25) is 67.3 Å². The molecular formula is C55H89N17O14. The number of hydrogen-bond acceptors (Lipinski definition) is 16. The van der Waals surface area contributed by atoms with Gasteiger partial charge in [0.05, 0.1) is 13.2 Å². The molecule has 0 aliphatic carbocycles. The Hall–Kier alpha value is -8.48. The van der Waals surface area contributed by atoms with E-state index in [1.165, 1.54) is 25.7 Å². The minimum Gasteiger partial charge on any atom is -0.394 e. The second-order valence-electron chi connectivity index (χ2n) is 22.2. The molecule has 0 bridgehead atoms. The molecule has 11 atom stereocenters. The second kappa shape index (κ2) is 35.1. The van der Waals surface area contributed by atoms with E-state index < -0.39 is 162 Å². The van der Waals surface area contributed by atoms with Gasteiger partial charge in [-0.15, -0.1) is 0 Å². The fraction of sp³-hybridized carbons (Fsp3) is 0.636. The average molecular weight is 1210 g/mol. The molecule has 31 heteroatoms. The number of aliphatic imine (C=N–C) groups is 1. The third-order valence-corrected chi connectivity index (χ3v) is 14.3. The predicted octanol–water partition coefficient (Wildman–Crippen LogP) is -5.91. The van der Waals surface area contributed by atoms with Crippen LogP contribution in [0, 0.1) is 11.8 Å². The number of aliphatic hydroxyl groups excluding tert-OH is 1. The lowest BCUT2D eigenvalue weighted by atomic mass is 10.0. The number of likely N-dealkylation sites (tertiary alicyclic amines) is 2. The summed E-state index contributed by atoms with van der Waals surface area (Å²) in [4.78, 5) is 180. The monoisotopic (exact) mass is 1210 g/mol. The van der Waals surface area contributed by atoms with Crippen molar-refractivity contribution in [2.24, 2.45) is 45.5 Å². The number of carbonyl (C=O) groups excluding carboxylic acids is 13. The van der Waals surface area contributed by atoms with Gasteiger partial charge in [0.2, 0.25) is 76.8 Å². The first-order valence-corrected chi connectivity index (χ1v) is 28.8. The van der Waals surface area contributed by atoms with Gasteiger partial charge in [0.1, 0.15) is 66.5 Å². The van der Waals surface area contributed by atoms with Crippen LogP contribution < -0.4 is 76.5 Å². The summed E-state index contributed by atoms with van der Waals surface area (Å²) in [5.74, 6) is -10.9. The van der Waals surface area contributed by atoms with Crippen LogP contribution in [0.3, 0.4) is 0 Å². The number of rotatable bonds is 34. The Morgan fingerprint density at radius 3 is 1.59 bits per heavy atom. The molecule has 20 N–H and O–H groups in total. The van der Waals surface area contributed by atoms with Crippen molar-refractivity contribution >= 4 is 82.8 Å². The van der Waals surface area contributed by atoms with E-state index in [2.05, 4.69) is 52.8 Å². The highest BCUT2D eigenvalue weighted by Crippen LogP contribution is 2.22. The number of nitrogens with zero attached hydrogens (tertiary/aromatic N) is 3. The zero-order valence-corrected chi connectivity index (χ0v) is 50.0. The highest BCUT2D eigenvalue weighted by molar-refractivity contribution is 5.99. The van der Waals surface area contributed by atoms with Crippen molar-refractivity contribution in [1.82, 2.24) is 57.7 Å². The van der Waals surface area contributed by atoms with E-state index >= 15 is 0 Å². The number of nitrogens with two attached hydrogens (primary N) is 5. The maximum Gasteiger partial charge on any atom is 0.248 e. The Bertz CT molecular complexity index is 2600. The maximum atomic E-state index is 14.3. The molecule has 2 aliphatic rings. The molecule has 86 heavy (non-hydrogen) atoms. The number of aliphatic hydroxyl groups is 1. The number of hydrogen-bond donors (Lipinski definition) is 15. The van der Waals surface area contributed by atoms with E-state index in [0.717, 1.165) is 4.90 Å². The van der Waals surface area contributed by atoms with E-state index in [0.29, 0.717) is 18.4 Å². The van der Waals surface area contributed by atoms with Gasteiger partial charge in [-0.2, -0.15) is 0 Å². The highest BCUT2D eigenvalue weighted by atomic mass is 16.3. The lowest BCUT2D eigenvalue weighted by Crippen LogP contribution is -2.61. The molecule has 13 amide bonds. The van der Waals surface area contributed by atoms with Gasteiger partial charge >= 0.3 is 0 Å². The summed E-state index contributed by atoms with van der Waals surface area (Å²) in [5.41, 5.74) is 27.8. The summed E-state index contributed by atoms with van der Waals surface area (Å²) in [6.45, 7) is 10.0. The van der Waals surface area contributed by atoms with Crippen molar-refractivity contribution in [3.63, 3.8) is 0 Å². The number of nitrogens with one attached hydrogen (secondary N) is 9. The molecule has 31 nitrogen and oxygen atoms in total. The zero-order valence-electron chi connectivity index (χ0n) is 50.0. The van der Waals surface area contributed by atoms with E-state index in [-0.39, 0.29) is 83.0 Å². The molecule has 0 spiro atoms. The molecule has 3 rings (SSSR count). The van der Waals surface area contributed by atoms with Crippen LogP contribution in [0.1, 0.15) is 112 Å². The van der Waals surface area contributed by atoms with Gasteiger partial charge in [0.25, 0.3) is 0 Å². The highest BCUT2D eigenvalue weighted by Gasteiger charge is 2.42. The third-order valence-electron chi connectivity index (χ3n) is 14.3. The zero-order chi connectivity index (χ0) is 64.5. The van der Waals surface area contributed by atoms with Gasteiger partial charge in [-0.25, -0.2) is 0 Å². The van der Waals surface area contributed by atoms with Crippen molar-refractivity contribution < 1.29 is 67.4 Å². The quantitative estimate of drug-likeness (QED) is 0.0174. The molecule has 2 heterocycles. The Morgan fingerprint density at radius 2 is 1.06 bits per heavy atom. The van der Waals surface area contributed by atoms with Gasteiger partial charge in [-0.1, -0.05) is 58.0 Å². The van der Waals surface area contributed by atoms with Crippen LogP contribution in [0.4, 0.5) is 0 Å². The minimum atomic E-state index is -1.68. The molecule has 11 unspecified atom stereocenters. The van der Waals surface area contributed by atoms with Crippen LogP contribution in [-0.4, -0.2) is 197 Å². The van der Waals surface area contributed by atoms with Crippen molar-refractivity contribution in [2.75, 3.05) is 32.8 Å². The van der Waals surface area contributed by atoms with E-state index in [1.807, 2.05) is 13.8 Å². The fourth-order valence-electron chi connectivity index (χ4n) is 9.59. The molecule has 2 aliphatic heterocycles. The first-order valence-electron chi connectivity index (χ1n) is 28.8. The normalized spacial score (nSPS) is 17.8. The molecule has 1 aromatic carbocycles. The number of amides is 13. The van der Waals surface area contributed by atoms with E-state index in [1.54, 1.807) is 44.2 Å². The molecular weight excluding hydrogens is 1120 g/mol. The Morgan fingerprint density at radius 1 is 0.570 bits per heavy atom. The van der Waals surface area contributed by atoms with Crippen molar-refractivity contribution in [3.05, 3.63) is 35.9 Å². The molecule has 478 valence electrons. The van der Waals surface area contributed by atoms with Crippen LogP contribution in [0.5, 0.6) is 0 Å². The lowest BCUT2D eigenvalue weighted by molar-refractivity contribution is -0.143. The van der Waals surface area contributed by atoms with Crippen molar-refractivity contribution in [2.45, 2.75) is 179 Å². The van der Waals surface area contributed by atoms with Crippen LogP contribution in [-0.2, 0) is 68.7 Å². The van der Waals surface area contributed by atoms with Crippen molar-refractivity contribution in [3.8, 4) is 0 Å². The minimum absolute atomic E-state index is 0.00554. The predicted molar refractivity (Wildman–Crippen MR) is 312 cm³/mol. The standard InChI is InChI=1S/C55H89N17O14/c1-28(2)24-36(44(58)76)67-48(80)34(16-11-21-61-55(59)60)66-52(84)40-18-12-22-71(40)53(85)38(27-73)69-50(82)37(25-33-14-9-8-10-15-33)68-49(81)35(19-20-41(57)74)65-46(78)32(7)63-45(77)31(6)64-51(83)39-17-13-23-72(39)54(86)43(29(3)4)70-47(79)30(5)62-42(75)26-56/h8-10,14-15,28-32,34-40,43,73H,11-13,16-27,56H2,1-7H3,(H2,57,74)(H2,58,76)(H,62,75)(H,63,77)(H,64,83)(H,65,78)(H,66,84)(H,67,80)(H,68,81)(H,69,82)(H,70,79)(H4,59,60,61). The van der Waals surface area contributed by atoms with Gasteiger partial charge < -0.3 is 91.4 Å². The first kappa shape index (κ1) is 71.8. The van der Waals surface area contributed by atoms with Gasteiger partial charge in [0.15, 0.2) is 5.96 Å².